The third-order valence-corrected chi connectivity index (χ3v) is 3.57. The van der Waals surface area contributed by atoms with Crippen molar-refractivity contribution in [3.63, 3.8) is 0 Å². The van der Waals surface area contributed by atoms with Gasteiger partial charge in [0.05, 0.1) is 11.9 Å². The largest absolute Gasteiger partial charge is 0.381 e. The molecule has 2 N–H and O–H groups in total. The Morgan fingerprint density at radius 3 is 2.75 bits per heavy atom. The third-order valence-electron chi connectivity index (χ3n) is 3.57. The van der Waals surface area contributed by atoms with Crippen molar-refractivity contribution in [3.05, 3.63) is 24.0 Å². The molecular formula is C13H19N3. The minimum atomic E-state index is 0.628. The van der Waals surface area contributed by atoms with Gasteiger partial charge in [0, 0.05) is 12.2 Å². The summed E-state index contributed by atoms with van der Waals surface area (Å²) in [6, 6.07) is 2.81. The highest BCUT2D eigenvalue weighted by molar-refractivity contribution is 5.52. The van der Waals surface area contributed by atoms with Crippen LogP contribution >= 0.6 is 0 Å². The molecule has 1 aliphatic heterocycles. The van der Waals surface area contributed by atoms with Gasteiger partial charge >= 0.3 is 0 Å². The van der Waals surface area contributed by atoms with E-state index in [0.717, 1.165) is 19.0 Å². The number of anilines is 1. The minimum Gasteiger partial charge on any atom is -0.381 e. The number of rotatable bonds is 3. The maximum Gasteiger partial charge on any atom is 0.0564 e. The minimum absolute atomic E-state index is 0.628. The van der Waals surface area contributed by atoms with Gasteiger partial charge in [-0.2, -0.15) is 0 Å². The van der Waals surface area contributed by atoms with Gasteiger partial charge in [-0.1, -0.05) is 0 Å². The third kappa shape index (κ3) is 2.19. The molecule has 0 bridgehead atoms. The van der Waals surface area contributed by atoms with E-state index >= 15 is 0 Å². The number of hydrogen-bond acceptors (Lipinski definition) is 3. The maximum atomic E-state index is 4.24. The van der Waals surface area contributed by atoms with E-state index in [4.69, 9.17) is 0 Å². The zero-order chi connectivity index (χ0) is 10.8. The Morgan fingerprint density at radius 1 is 1.19 bits per heavy atom. The normalized spacial score (nSPS) is 22.0. The summed E-state index contributed by atoms with van der Waals surface area (Å²) in [7, 11) is 0. The molecule has 86 valence electrons. The van der Waals surface area contributed by atoms with Crippen LogP contribution in [0.25, 0.3) is 0 Å². The molecule has 3 heteroatoms. The van der Waals surface area contributed by atoms with E-state index in [1.54, 1.807) is 0 Å². The number of aromatic nitrogens is 1. The van der Waals surface area contributed by atoms with Crippen molar-refractivity contribution in [1.82, 2.24) is 10.3 Å². The first-order valence-electron chi connectivity index (χ1n) is 6.34. The van der Waals surface area contributed by atoms with Crippen LogP contribution in [0.3, 0.4) is 0 Å². The van der Waals surface area contributed by atoms with Gasteiger partial charge < -0.3 is 10.6 Å². The molecule has 0 spiro atoms. The Balaban J connectivity index is 1.72. The van der Waals surface area contributed by atoms with E-state index in [2.05, 4.69) is 21.7 Å². The Morgan fingerprint density at radius 2 is 2.00 bits per heavy atom. The summed E-state index contributed by atoms with van der Waals surface area (Å²) in [6.45, 7) is 2.27. The first-order valence-corrected chi connectivity index (χ1v) is 6.34. The molecule has 3 rings (SSSR count). The Hall–Kier alpha value is -1.09. The van der Waals surface area contributed by atoms with Crippen LogP contribution in [0.4, 0.5) is 5.69 Å². The SMILES string of the molecule is c1cc(C2CC2)c(NC2CCNCC2)cn1. The predicted octanol–water partition coefficient (Wildman–Crippen LogP) is 2.12. The van der Waals surface area contributed by atoms with Crippen LogP contribution in [0.15, 0.2) is 18.5 Å². The summed E-state index contributed by atoms with van der Waals surface area (Å²) < 4.78 is 0. The van der Waals surface area contributed by atoms with Crippen molar-refractivity contribution in [1.29, 1.82) is 0 Å². The highest BCUT2D eigenvalue weighted by Crippen LogP contribution is 2.43. The van der Waals surface area contributed by atoms with E-state index < -0.39 is 0 Å². The van der Waals surface area contributed by atoms with E-state index in [1.165, 1.54) is 36.9 Å². The van der Waals surface area contributed by atoms with E-state index in [1.807, 2.05) is 12.4 Å². The average molecular weight is 217 g/mol. The summed E-state index contributed by atoms with van der Waals surface area (Å²) in [5.74, 6) is 0.798. The molecule has 1 saturated carbocycles. The highest BCUT2D eigenvalue weighted by Gasteiger charge is 2.26. The van der Waals surface area contributed by atoms with E-state index in [-0.39, 0.29) is 0 Å². The second-order valence-corrected chi connectivity index (χ2v) is 4.91. The van der Waals surface area contributed by atoms with Crippen LogP contribution in [0, 0.1) is 0 Å². The molecule has 0 aromatic carbocycles. The summed E-state index contributed by atoms with van der Waals surface area (Å²) in [5, 5.41) is 7.06. The van der Waals surface area contributed by atoms with Crippen molar-refractivity contribution >= 4 is 5.69 Å². The van der Waals surface area contributed by atoms with Crippen molar-refractivity contribution in [3.8, 4) is 0 Å². The molecule has 16 heavy (non-hydrogen) atoms. The van der Waals surface area contributed by atoms with Gasteiger partial charge in [-0.15, -0.1) is 0 Å². The monoisotopic (exact) mass is 217 g/mol. The zero-order valence-corrected chi connectivity index (χ0v) is 9.58. The lowest BCUT2D eigenvalue weighted by molar-refractivity contribution is 0.479. The lowest BCUT2D eigenvalue weighted by atomic mass is 10.0. The molecule has 0 amide bonds. The predicted molar refractivity (Wildman–Crippen MR) is 65.7 cm³/mol. The molecule has 2 aliphatic rings. The molecule has 1 aliphatic carbocycles. The van der Waals surface area contributed by atoms with Gasteiger partial charge in [0.2, 0.25) is 0 Å². The molecular weight excluding hydrogens is 198 g/mol. The lowest BCUT2D eigenvalue weighted by Crippen LogP contribution is -2.35. The fraction of sp³-hybridized carbons (Fsp3) is 0.615. The van der Waals surface area contributed by atoms with Gasteiger partial charge in [-0.3, -0.25) is 4.98 Å². The number of nitrogens with one attached hydrogen (secondary N) is 2. The number of nitrogens with zero attached hydrogens (tertiary/aromatic N) is 1. The molecule has 1 aromatic heterocycles. The lowest BCUT2D eigenvalue weighted by Gasteiger charge is -2.25. The molecule has 0 radical (unpaired) electrons. The fourth-order valence-electron chi connectivity index (χ4n) is 2.46. The molecule has 0 atom stereocenters. The summed E-state index contributed by atoms with van der Waals surface area (Å²) in [4.78, 5) is 4.24. The quantitative estimate of drug-likeness (QED) is 0.814. The summed E-state index contributed by atoms with van der Waals surface area (Å²) in [6.07, 6.45) is 9.06. The van der Waals surface area contributed by atoms with Gasteiger partial charge in [0.1, 0.15) is 0 Å². The van der Waals surface area contributed by atoms with Gasteiger partial charge in [0.15, 0.2) is 0 Å². The van der Waals surface area contributed by atoms with E-state index in [0.29, 0.717) is 6.04 Å². The summed E-state index contributed by atoms with van der Waals surface area (Å²) in [5.41, 5.74) is 2.76. The first kappa shape index (κ1) is 10.1. The van der Waals surface area contributed by atoms with Crippen molar-refractivity contribution in [2.75, 3.05) is 18.4 Å². The molecule has 0 unspecified atom stereocenters. The topological polar surface area (TPSA) is 37.0 Å². The van der Waals surface area contributed by atoms with Gasteiger partial charge in [0.25, 0.3) is 0 Å². The van der Waals surface area contributed by atoms with Gasteiger partial charge in [-0.05, 0) is 56.3 Å². The van der Waals surface area contributed by atoms with Crippen molar-refractivity contribution < 1.29 is 0 Å². The smallest absolute Gasteiger partial charge is 0.0564 e. The molecule has 2 heterocycles. The maximum absolute atomic E-state index is 4.24. The van der Waals surface area contributed by atoms with Crippen LogP contribution in [0.2, 0.25) is 0 Å². The molecule has 1 saturated heterocycles. The number of hydrogen-bond donors (Lipinski definition) is 2. The van der Waals surface area contributed by atoms with Crippen molar-refractivity contribution in [2.24, 2.45) is 0 Å². The van der Waals surface area contributed by atoms with Crippen LogP contribution < -0.4 is 10.6 Å². The zero-order valence-electron chi connectivity index (χ0n) is 9.58. The Kier molecular flexibility index (Phi) is 2.79. The van der Waals surface area contributed by atoms with E-state index in [9.17, 15) is 0 Å². The second kappa shape index (κ2) is 4.42. The fourth-order valence-corrected chi connectivity index (χ4v) is 2.46. The first-order chi connectivity index (χ1) is 7.93. The van der Waals surface area contributed by atoms with Crippen LogP contribution in [0.5, 0.6) is 0 Å². The molecule has 1 aromatic rings. The van der Waals surface area contributed by atoms with Crippen molar-refractivity contribution in [2.45, 2.75) is 37.6 Å². The van der Waals surface area contributed by atoms with Gasteiger partial charge in [-0.25, -0.2) is 0 Å². The van der Waals surface area contributed by atoms with Crippen LogP contribution in [0.1, 0.15) is 37.2 Å². The van der Waals surface area contributed by atoms with Crippen LogP contribution in [-0.4, -0.2) is 24.1 Å². The average Bonchev–Trinajstić information content (AvgIpc) is 3.15. The standard InChI is InChI=1S/C13H19N3/c1-2-10(1)12-5-8-15-9-13(12)16-11-3-6-14-7-4-11/h5,8-11,14,16H,1-4,6-7H2. The Bertz CT molecular complexity index is 354. The highest BCUT2D eigenvalue weighted by atomic mass is 15.0. The number of pyridine rings is 1. The number of piperidine rings is 1. The molecule has 2 fully saturated rings. The molecule has 3 nitrogen and oxygen atoms in total. The van der Waals surface area contributed by atoms with Crippen LogP contribution in [-0.2, 0) is 0 Å². The second-order valence-electron chi connectivity index (χ2n) is 4.91. The summed E-state index contributed by atoms with van der Waals surface area (Å²) >= 11 is 0. The Labute approximate surface area is 96.7 Å².